The molecule has 0 N–H and O–H groups in total. The third kappa shape index (κ3) is 3.29. The summed E-state index contributed by atoms with van der Waals surface area (Å²) < 4.78 is 9.62. The molecule has 0 bridgehead atoms. The fourth-order valence-corrected chi connectivity index (χ4v) is 3.21. The van der Waals surface area contributed by atoms with Gasteiger partial charge in [-0.3, -0.25) is 0 Å². The summed E-state index contributed by atoms with van der Waals surface area (Å²) in [6.45, 7) is 9.40. The fraction of sp³-hybridized carbons (Fsp3) is 0.786. The topological polar surface area (TPSA) is 55.3 Å². The molecule has 1 fully saturated rings. The molecule has 0 saturated carbocycles. The maximum atomic E-state index is 12.1. The Morgan fingerprint density at radius 3 is 2.80 bits per heavy atom. The average Bonchev–Trinajstić information content (AvgIpc) is 2.88. The number of anilines is 1. The van der Waals surface area contributed by atoms with E-state index in [1.54, 1.807) is 0 Å². The number of carbonyl (C=O) groups is 1. The summed E-state index contributed by atoms with van der Waals surface area (Å²) in [7, 11) is 0. The van der Waals surface area contributed by atoms with E-state index in [9.17, 15) is 4.79 Å². The predicted octanol–water partition coefficient (Wildman–Crippen LogP) is 2.76. The van der Waals surface area contributed by atoms with Gasteiger partial charge in [0.05, 0.1) is 6.61 Å². The van der Waals surface area contributed by atoms with Gasteiger partial charge in [0.15, 0.2) is 0 Å². The van der Waals surface area contributed by atoms with Crippen molar-refractivity contribution in [2.75, 3.05) is 18.1 Å². The summed E-state index contributed by atoms with van der Waals surface area (Å²) in [5, 5.41) is 0.840. The minimum absolute atomic E-state index is 0.0655. The van der Waals surface area contributed by atoms with Crippen LogP contribution in [0.15, 0.2) is 0 Å². The van der Waals surface area contributed by atoms with Gasteiger partial charge >= 0.3 is 5.97 Å². The van der Waals surface area contributed by atoms with E-state index in [0.717, 1.165) is 36.8 Å². The van der Waals surface area contributed by atoms with E-state index in [1.807, 2.05) is 6.92 Å². The number of aromatic nitrogens is 2. The molecule has 1 saturated heterocycles. The quantitative estimate of drug-likeness (QED) is 0.803. The maximum Gasteiger partial charge on any atom is 0.328 e. The van der Waals surface area contributed by atoms with Crippen LogP contribution in [-0.4, -0.2) is 34.5 Å². The summed E-state index contributed by atoms with van der Waals surface area (Å²) in [4.78, 5) is 18.8. The zero-order valence-corrected chi connectivity index (χ0v) is 13.5. The highest BCUT2D eigenvalue weighted by Gasteiger charge is 2.32. The Balaban J connectivity index is 2.19. The second kappa shape index (κ2) is 6.08. The third-order valence-electron chi connectivity index (χ3n) is 3.39. The summed E-state index contributed by atoms with van der Waals surface area (Å²) in [6, 6.07) is -0.204. The molecule has 1 unspecified atom stereocenters. The normalized spacial score (nSPS) is 20.0. The molecule has 1 atom stereocenters. The monoisotopic (exact) mass is 297 g/mol. The van der Waals surface area contributed by atoms with Crippen molar-refractivity contribution in [3.8, 4) is 0 Å². The van der Waals surface area contributed by atoms with Crippen molar-refractivity contribution in [2.24, 2.45) is 0 Å². The zero-order valence-electron chi connectivity index (χ0n) is 12.7. The molecule has 1 aliphatic rings. The van der Waals surface area contributed by atoms with Crippen LogP contribution in [0.1, 0.15) is 52.8 Å². The van der Waals surface area contributed by atoms with E-state index in [0.29, 0.717) is 6.61 Å². The Kier molecular flexibility index (Phi) is 4.62. The molecular formula is C14H23N3O2S. The number of piperidine rings is 1. The molecule has 0 amide bonds. The first-order valence-electron chi connectivity index (χ1n) is 7.21. The molecule has 1 aromatic rings. The first-order chi connectivity index (χ1) is 9.43. The number of ether oxygens (including phenoxy) is 1. The molecule has 112 valence electrons. The lowest BCUT2D eigenvalue weighted by molar-refractivity contribution is -0.145. The molecule has 5 nitrogen and oxygen atoms in total. The summed E-state index contributed by atoms with van der Waals surface area (Å²) in [5.74, 6) is 0.699. The minimum atomic E-state index is -0.204. The molecule has 0 spiro atoms. The van der Waals surface area contributed by atoms with Crippen LogP contribution in [0.25, 0.3) is 0 Å². The van der Waals surface area contributed by atoms with E-state index >= 15 is 0 Å². The Labute approximate surface area is 124 Å². The van der Waals surface area contributed by atoms with Crippen molar-refractivity contribution in [3.63, 3.8) is 0 Å². The molecule has 2 rings (SSSR count). The number of carbonyl (C=O) groups excluding carboxylic acids is 1. The van der Waals surface area contributed by atoms with E-state index in [2.05, 4.69) is 35.0 Å². The molecule has 6 heteroatoms. The van der Waals surface area contributed by atoms with Crippen LogP contribution in [0.5, 0.6) is 0 Å². The summed E-state index contributed by atoms with van der Waals surface area (Å²) in [6.07, 6.45) is 2.98. The fourth-order valence-electron chi connectivity index (χ4n) is 2.28. The second-order valence-electron chi connectivity index (χ2n) is 6.11. The molecule has 0 radical (unpaired) electrons. The molecule has 20 heavy (non-hydrogen) atoms. The lowest BCUT2D eigenvalue weighted by Gasteiger charge is -2.33. The minimum Gasteiger partial charge on any atom is -0.464 e. The number of hydrogen-bond donors (Lipinski definition) is 0. The van der Waals surface area contributed by atoms with Crippen molar-refractivity contribution in [1.82, 2.24) is 9.36 Å². The summed E-state index contributed by atoms with van der Waals surface area (Å²) >= 11 is 1.38. The lowest BCUT2D eigenvalue weighted by Crippen LogP contribution is -2.45. The standard InChI is InChI=1S/C14H23N3O2S/c1-5-19-11(18)10-8-6-7-9-17(10)13-15-12(16-20-13)14(2,3)4/h10H,5-9H2,1-4H3. The van der Waals surface area contributed by atoms with Gasteiger partial charge in [-0.1, -0.05) is 20.8 Å². The van der Waals surface area contributed by atoms with Gasteiger partial charge in [-0.25, -0.2) is 9.78 Å². The first-order valence-corrected chi connectivity index (χ1v) is 7.98. The number of hydrogen-bond acceptors (Lipinski definition) is 6. The van der Waals surface area contributed by atoms with Crippen LogP contribution in [0.3, 0.4) is 0 Å². The molecule has 1 aliphatic heterocycles. The SMILES string of the molecule is CCOC(=O)C1CCCCN1c1nc(C(C)(C)C)ns1. The first kappa shape index (κ1) is 15.2. The molecule has 0 aromatic carbocycles. The van der Waals surface area contributed by atoms with Crippen molar-refractivity contribution >= 4 is 22.6 Å². The second-order valence-corrected chi connectivity index (χ2v) is 6.84. The lowest BCUT2D eigenvalue weighted by atomic mass is 9.96. The van der Waals surface area contributed by atoms with Crippen molar-refractivity contribution in [1.29, 1.82) is 0 Å². The van der Waals surface area contributed by atoms with Gasteiger partial charge in [-0.05, 0) is 26.2 Å². The van der Waals surface area contributed by atoms with Crippen LogP contribution < -0.4 is 4.90 Å². The highest BCUT2D eigenvalue weighted by atomic mass is 32.1. The van der Waals surface area contributed by atoms with Gasteiger partial charge in [-0.2, -0.15) is 4.37 Å². The Morgan fingerprint density at radius 2 is 2.20 bits per heavy atom. The van der Waals surface area contributed by atoms with Gasteiger partial charge in [0, 0.05) is 23.5 Å². The smallest absolute Gasteiger partial charge is 0.328 e. The molecular weight excluding hydrogens is 274 g/mol. The van der Waals surface area contributed by atoms with Crippen LogP contribution in [-0.2, 0) is 14.9 Å². The highest BCUT2D eigenvalue weighted by molar-refractivity contribution is 7.09. The van der Waals surface area contributed by atoms with Gasteiger partial charge in [0.2, 0.25) is 5.13 Å². The van der Waals surface area contributed by atoms with Crippen LogP contribution >= 0.6 is 11.5 Å². The van der Waals surface area contributed by atoms with Gasteiger partial charge < -0.3 is 9.64 Å². The number of nitrogens with zero attached hydrogens (tertiary/aromatic N) is 3. The van der Waals surface area contributed by atoms with Crippen molar-refractivity contribution in [3.05, 3.63) is 5.82 Å². The maximum absolute atomic E-state index is 12.1. The van der Waals surface area contributed by atoms with E-state index in [-0.39, 0.29) is 17.4 Å². The Hall–Kier alpha value is -1.17. The number of rotatable bonds is 3. The largest absolute Gasteiger partial charge is 0.464 e. The van der Waals surface area contributed by atoms with E-state index < -0.39 is 0 Å². The van der Waals surface area contributed by atoms with E-state index in [1.165, 1.54) is 11.5 Å². The Bertz CT molecular complexity index is 467. The van der Waals surface area contributed by atoms with Crippen molar-refractivity contribution < 1.29 is 9.53 Å². The van der Waals surface area contributed by atoms with Crippen LogP contribution in [0.4, 0.5) is 5.13 Å². The van der Waals surface area contributed by atoms with Gasteiger partial charge in [0.1, 0.15) is 11.9 Å². The number of esters is 1. The molecule has 0 aliphatic carbocycles. The average molecular weight is 297 g/mol. The predicted molar refractivity (Wildman–Crippen MR) is 80.2 cm³/mol. The zero-order chi connectivity index (χ0) is 14.8. The van der Waals surface area contributed by atoms with Crippen LogP contribution in [0.2, 0.25) is 0 Å². The van der Waals surface area contributed by atoms with Crippen molar-refractivity contribution in [2.45, 2.75) is 58.4 Å². The molecule has 1 aromatic heterocycles. The van der Waals surface area contributed by atoms with Gasteiger partial charge in [-0.15, -0.1) is 0 Å². The Morgan fingerprint density at radius 1 is 1.45 bits per heavy atom. The van der Waals surface area contributed by atoms with Crippen LogP contribution in [0, 0.1) is 0 Å². The van der Waals surface area contributed by atoms with E-state index in [4.69, 9.17) is 4.74 Å². The third-order valence-corrected chi connectivity index (χ3v) is 4.15. The highest BCUT2D eigenvalue weighted by Crippen LogP contribution is 2.30. The summed E-state index contributed by atoms with van der Waals surface area (Å²) in [5.41, 5.74) is -0.0655. The molecule has 2 heterocycles. The van der Waals surface area contributed by atoms with Gasteiger partial charge in [0.25, 0.3) is 0 Å².